The lowest BCUT2D eigenvalue weighted by atomic mass is 9.96. The van der Waals surface area contributed by atoms with Crippen LogP contribution in [0, 0.1) is 27.7 Å². The van der Waals surface area contributed by atoms with E-state index in [0.717, 1.165) is 40.4 Å². The zero-order chi connectivity index (χ0) is 28.4. The number of rotatable bonds is 8. The van der Waals surface area contributed by atoms with E-state index in [4.69, 9.17) is 12.2 Å². The fourth-order valence-corrected chi connectivity index (χ4v) is 6.27. The number of aromatic nitrogens is 2. The molecule has 4 aromatic rings. The first-order valence-corrected chi connectivity index (χ1v) is 14.3. The van der Waals surface area contributed by atoms with Crippen LogP contribution in [0.5, 0.6) is 0 Å². The van der Waals surface area contributed by atoms with Crippen molar-refractivity contribution in [2.75, 3.05) is 11.9 Å². The van der Waals surface area contributed by atoms with Crippen LogP contribution in [-0.2, 0) is 11.2 Å². The molecule has 0 radical (unpaired) electrons. The van der Waals surface area contributed by atoms with Gasteiger partial charge in [0.15, 0.2) is 5.11 Å². The van der Waals surface area contributed by atoms with Crippen molar-refractivity contribution in [3.63, 3.8) is 0 Å². The summed E-state index contributed by atoms with van der Waals surface area (Å²) in [4.78, 5) is 19.9. The molecular weight excluding hydrogens is 514 g/mol. The Hall–Kier alpha value is -3.97. The second-order valence-corrected chi connectivity index (χ2v) is 11.0. The number of benzene rings is 2. The first kappa shape index (κ1) is 27.6. The standard InChI is InChI=1S/C33H37N5OS/c1-6-25-11-7-8-12-28(25)35-30(39)14-16-37-32(31(36-33(37)40)29-13-9-10-15-34-29)27-20-23(4)38(24(27)5)26-18-21(2)17-22(3)19-26/h7-13,15,17-20,31-32H,6,14,16H2,1-5H3,(H,35,39)(H,36,40)/t31-,32+/m1/s1. The molecule has 3 heterocycles. The molecule has 1 saturated heterocycles. The Morgan fingerprint density at radius 2 is 1.73 bits per heavy atom. The second kappa shape index (κ2) is 11.6. The molecule has 0 bridgehead atoms. The fraction of sp³-hybridized carbons (Fsp3) is 0.303. The molecule has 7 heteroatoms. The highest BCUT2D eigenvalue weighted by molar-refractivity contribution is 7.80. The van der Waals surface area contributed by atoms with Crippen molar-refractivity contribution in [3.05, 3.63) is 112 Å². The molecule has 2 aromatic carbocycles. The van der Waals surface area contributed by atoms with Gasteiger partial charge in [-0.25, -0.2) is 0 Å². The van der Waals surface area contributed by atoms with Crippen LogP contribution in [0.2, 0.25) is 0 Å². The number of hydrogen-bond donors (Lipinski definition) is 2. The van der Waals surface area contributed by atoms with Crippen LogP contribution in [0.4, 0.5) is 5.69 Å². The van der Waals surface area contributed by atoms with E-state index in [1.807, 2.05) is 48.7 Å². The lowest BCUT2D eigenvalue weighted by Gasteiger charge is -2.28. The van der Waals surface area contributed by atoms with Crippen molar-refractivity contribution in [1.29, 1.82) is 0 Å². The quantitative estimate of drug-likeness (QED) is 0.240. The Morgan fingerprint density at radius 1 is 1.00 bits per heavy atom. The Balaban J connectivity index is 1.48. The van der Waals surface area contributed by atoms with Crippen molar-refractivity contribution in [2.45, 2.75) is 59.5 Å². The SMILES string of the molecule is CCc1ccccc1NC(=O)CCN1C(=S)N[C@H](c2ccccn2)[C@@H]1c1cc(C)n(-c2cc(C)cc(C)c2)c1C. The van der Waals surface area contributed by atoms with E-state index in [2.05, 4.69) is 84.0 Å². The third kappa shape index (κ3) is 5.52. The van der Waals surface area contributed by atoms with Gasteiger partial charge in [-0.05, 0) is 105 Å². The molecule has 0 unspecified atom stereocenters. The largest absolute Gasteiger partial charge is 0.352 e. The maximum atomic E-state index is 13.1. The molecule has 0 saturated carbocycles. The van der Waals surface area contributed by atoms with Crippen LogP contribution < -0.4 is 10.6 Å². The Morgan fingerprint density at radius 3 is 2.42 bits per heavy atom. The van der Waals surface area contributed by atoms with Gasteiger partial charge in [-0.2, -0.15) is 0 Å². The Bertz CT molecular complexity index is 1520. The molecule has 2 N–H and O–H groups in total. The van der Waals surface area contributed by atoms with Crippen molar-refractivity contribution in [2.24, 2.45) is 0 Å². The predicted octanol–water partition coefficient (Wildman–Crippen LogP) is 6.67. The lowest BCUT2D eigenvalue weighted by Crippen LogP contribution is -2.33. The summed E-state index contributed by atoms with van der Waals surface area (Å²) in [6.07, 6.45) is 3.00. The molecule has 2 atom stereocenters. The van der Waals surface area contributed by atoms with E-state index in [9.17, 15) is 4.79 Å². The van der Waals surface area contributed by atoms with Crippen molar-refractivity contribution < 1.29 is 4.79 Å². The van der Waals surface area contributed by atoms with Crippen molar-refractivity contribution in [1.82, 2.24) is 19.8 Å². The summed E-state index contributed by atoms with van der Waals surface area (Å²) in [6, 6.07) is 22.6. The van der Waals surface area contributed by atoms with Crippen LogP contribution in [0.1, 0.15) is 64.8 Å². The number of thiocarbonyl (C=S) groups is 1. The minimum absolute atomic E-state index is 0.0237. The van der Waals surface area contributed by atoms with E-state index < -0.39 is 0 Å². The number of carbonyl (C=O) groups excluding carboxylic acids is 1. The molecule has 0 aliphatic carbocycles. The van der Waals surface area contributed by atoms with Gasteiger partial charge in [0, 0.05) is 41.9 Å². The average Bonchev–Trinajstić information content (AvgIpc) is 3.41. The van der Waals surface area contributed by atoms with Gasteiger partial charge in [-0.1, -0.05) is 37.3 Å². The zero-order valence-electron chi connectivity index (χ0n) is 23.9. The van der Waals surface area contributed by atoms with Crippen molar-refractivity contribution >= 4 is 28.9 Å². The lowest BCUT2D eigenvalue weighted by molar-refractivity contribution is -0.116. The number of nitrogens with zero attached hydrogens (tertiary/aromatic N) is 3. The molecule has 1 aliphatic heterocycles. The molecule has 1 aliphatic rings. The van der Waals surface area contributed by atoms with Crippen LogP contribution in [0.25, 0.3) is 5.69 Å². The Kier molecular flexibility index (Phi) is 8.03. The molecule has 2 aromatic heterocycles. The summed E-state index contributed by atoms with van der Waals surface area (Å²) in [5.41, 5.74) is 10.0. The normalized spacial score (nSPS) is 16.7. The van der Waals surface area contributed by atoms with Gasteiger partial charge < -0.3 is 20.1 Å². The third-order valence-corrected chi connectivity index (χ3v) is 8.06. The highest BCUT2D eigenvalue weighted by atomic mass is 32.1. The van der Waals surface area contributed by atoms with Gasteiger partial charge in [-0.15, -0.1) is 0 Å². The number of anilines is 1. The molecule has 40 heavy (non-hydrogen) atoms. The summed E-state index contributed by atoms with van der Waals surface area (Å²) in [7, 11) is 0. The van der Waals surface area contributed by atoms with E-state index in [-0.39, 0.29) is 18.0 Å². The minimum atomic E-state index is -0.134. The number of aryl methyl sites for hydroxylation is 4. The van der Waals surface area contributed by atoms with Crippen molar-refractivity contribution in [3.8, 4) is 5.69 Å². The first-order valence-electron chi connectivity index (χ1n) is 13.9. The summed E-state index contributed by atoms with van der Waals surface area (Å²) in [5, 5.41) is 7.27. The summed E-state index contributed by atoms with van der Waals surface area (Å²) in [6.45, 7) is 11.2. The van der Waals surface area contributed by atoms with E-state index >= 15 is 0 Å². The van der Waals surface area contributed by atoms with Crippen LogP contribution in [-0.4, -0.2) is 32.0 Å². The molecule has 1 amide bonds. The minimum Gasteiger partial charge on any atom is -0.352 e. The number of hydrogen-bond acceptors (Lipinski definition) is 3. The number of nitrogens with one attached hydrogen (secondary N) is 2. The van der Waals surface area contributed by atoms with Gasteiger partial charge in [-0.3, -0.25) is 9.78 Å². The van der Waals surface area contributed by atoms with E-state index in [1.165, 1.54) is 16.7 Å². The van der Waals surface area contributed by atoms with Gasteiger partial charge in [0.1, 0.15) is 0 Å². The third-order valence-electron chi connectivity index (χ3n) is 7.70. The van der Waals surface area contributed by atoms with Crippen LogP contribution in [0.15, 0.2) is 72.9 Å². The molecule has 5 rings (SSSR count). The summed E-state index contributed by atoms with van der Waals surface area (Å²) < 4.78 is 2.32. The van der Waals surface area contributed by atoms with Gasteiger partial charge in [0.2, 0.25) is 5.91 Å². The predicted molar refractivity (Wildman–Crippen MR) is 166 cm³/mol. The highest BCUT2D eigenvalue weighted by Gasteiger charge is 2.41. The van der Waals surface area contributed by atoms with Gasteiger partial charge >= 0.3 is 0 Å². The topological polar surface area (TPSA) is 62.2 Å². The smallest absolute Gasteiger partial charge is 0.226 e. The van der Waals surface area contributed by atoms with Gasteiger partial charge in [0.05, 0.1) is 17.8 Å². The van der Waals surface area contributed by atoms with Gasteiger partial charge in [0.25, 0.3) is 0 Å². The fourth-order valence-electron chi connectivity index (χ4n) is 5.93. The zero-order valence-corrected chi connectivity index (χ0v) is 24.7. The summed E-state index contributed by atoms with van der Waals surface area (Å²) in [5.74, 6) is -0.0237. The maximum absolute atomic E-state index is 13.1. The van der Waals surface area contributed by atoms with Crippen LogP contribution >= 0.6 is 12.2 Å². The first-order chi connectivity index (χ1) is 19.3. The maximum Gasteiger partial charge on any atom is 0.226 e. The monoisotopic (exact) mass is 551 g/mol. The second-order valence-electron chi connectivity index (χ2n) is 10.6. The van der Waals surface area contributed by atoms with E-state index in [0.29, 0.717) is 18.1 Å². The molecule has 6 nitrogen and oxygen atoms in total. The number of pyridine rings is 1. The van der Waals surface area contributed by atoms with Crippen LogP contribution in [0.3, 0.4) is 0 Å². The van der Waals surface area contributed by atoms with E-state index in [1.54, 1.807) is 0 Å². The average molecular weight is 552 g/mol. The Labute approximate surface area is 242 Å². The molecule has 1 fully saturated rings. The number of carbonyl (C=O) groups is 1. The number of amides is 1. The molecular formula is C33H37N5OS. The number of para-hydroxylation sites is 1. The summed E-state index contributed by atoms with van der Waals surface area (Å²) >= 11 is 5.87. The molecule has 0 spiro atoms. The highest BCUT2D eigenvalue weighted by Crippen LogP contribution is 2.41. The molecule has 206 valence electrons.